The van der Waals surface area contributed by atoms with Crippen molar-refractivity contribution in [3.63, 3.8) is 0 Å². The fourth-order valence-corrected chi connectivity index (χ4v) is 7.12. The highest BCUT2D eigenvalue weighted by atomic mass is 19.4. The molecule has 1 spiro atoms. The quantitative estimate of drug-likeness (QED) is 0.143. The van der Waals surface area contributed by atoms with Crippen molar-refractivity contribution in [2.75, 3.05) is 20.7 Å². The number of benzene rings is 3. The zero-order chi connectivity index (χ0) is 39.0. The Bertz CT molecular complexity index is 1850. The zero-order valence-electron chi connectivity index (χ0n) is 29.1. The minimum atomic E-state index is -5.11. The van der Waals surface area contributed by atoms with E-state index in [1.54, 1.807) is 37.3 Å². The van der Waals surface area contributed by atoms with E-state index in [9.17, 15) is 49.9 Å². The number of hydrogen-bond donors (Lipinski definition) is 0. The Morgan fingerprint density at radius 1 is 0.943 bits per heavy atom. The SMILES string of the molecule is COC(=O)C1CC2(CCN(C(=O)N(C)[C@H](C)c3cc(C(F)(F)F)cc(C(F)(F)F)c3)[C@@H](c3ccc(F)cc3C)C2)N(C(=O)OCc2ccccc2)C1=O. The normalized spacial score (nSPS) is 21.1. The summed E-state index contributed by atoms with van der Waals surface area (Å²) in [5, 5.41) is 0. The van der Waals surface area contributed by atoms with Crippen LogP contribution in [-0.4, -0.2) is 64.9 Å². The van der Waals surface area contributed by atoms with Gasteiger partial charge in [0.25, 0.3) is 0 Å². The maximum absolute atomic E-state index is 14.3. The van der Waals surface area contributed by atoms with E-state index in [2.05, 4.69) is 0 Å². The number of amides is 4. The highest BCUT2D eigenvalue weighted by Crippen LogP contribution is 2.49. The van der Waals surface area contributed by atoms with Crippen molar-refractivity contribution in [2.45, 2.75) is 69.7 Å². The van der Waals surface area contributed by atoms with Gasteiger partial charge in [0.2, 0.25) is 5.91 Å². The first-order valence-corrected chi connectivity index (χ1v) is 16.5. The second-order valence-electron chi connectivity index (χ2n) is 13.3. The molecular formula is C37H36F7N3O6. The van der Waals surface area contributed by atoms with Gasteiger partial charge in [-0.15, -0.1) is 0 Å². The number of methoxy groups -OCH3 is 1. The fourth-order valence-electron chi connectivity index (χ4n) is 7.12. The summed E-state index contributed by atoms with van der Waals surface area (Å²) in [4.78, 5) is 57.8. The molecule has 2 fully saturated rings. The van der Waals surface area contributed by atoms with Crippen LogP contribution in [-0.2, 0) is 38.0 Å². The van der Waals surface area contributed by atoms with E-state index < -0.39 is 82.4 Å². The van der Waals surface area contributed by atoms with Gasteiger partial charge in [-0.1, -0.05) is 36.4 Å². The first-order chi connectivity index (χ1) is 24.8. The molecule has 3 aromatic carbocycles. The van der Waals surface area contributed by atoms with Crippen molar-refractivity contribution < 1.29 is 59.4 Å². The third-order valence-corrected chi connectivity index (χ3v) is 10.0. The standard InChI is InChI=1S/C37H36F7N3O6/c1-21-14-27(38)10-11-28(21)30-19-35(18-29(32(49)52-4)31(48)47(35)34(51)53-20-23-8-6-5-7-9-23)12-13-46(30)33(50)45(3)22(2)24-15-25(36(39,40)41)17-26(16-24)37(42,43)44/h5-11,14-17,22,29-30H,12-13,18-20H2,1-4H3/t22-,29?,30-,35?/m1/s1. The van der Waals surface area contributed by atoms with Crippen LogP contribution in [0.25, 0.3) is 0 Å². The first-order valence-electron chi connectivity index (χ1n) is 16.5. The van der Waals surface area contributed by atoms with Gasteiger partial charge in [-0.2, -0.15) is 26.3 Å². The second-order valence-corrected chi connectivity index (χ2v) is 13.3. The number of hydrogen-bond acceptors (Lipinski definition) is 6. The summed E-state index contributed by atoms with van der Waals surface area (Å²) in [7, 11) is 2.31. The van der Waals surface area contributed by atoms with Gasteiger partial charge in [0.15, 0.2) is 0 Å². The number of aryl methyl sites for hydroxylation is 1. The van der Waals surface area contributed by atoms with Crippen molar-refractivity contribution >= 4 is 24.0 Å². The van der Waals surface area contributed by atoms with Gasteiger partial charge >= 0.3 is 30.4 Å². The maximum atomic E-state index is 14.3. The molecule has 0 N–H and O–H groups in total. The molecule has 2 unspecified atom stereocenters. The van der Waals surface area contributed by atoms with Crippen molar-refractivity contribution in [1.29, 1.82) is 0 Å². The van der Waals surface area contributed by atoms with Crippen molar-refractivity contribution in [3.05, 3.63) is 106 Å². The van der Waals surface area contributed by atoms with Crippen molar-refractivity contribution in [3.8, 4) is 0 Å². The molecule has 0 radical (unpaired) electrons. The van der Waals surface area contributed by atoms with Crippen LogP contribution in [0, 0.1) is 18.7 Å². The Balaban J connectivity index is 1.52. The predicted octanol–water partition coefficient (Wildman–Crippen LogP) is 8.22. The lowest BCUT2D eigenvalue weighted by Crippen LogP contribution is -2.58. The van der Waals surface area contributed by atoms with Crippen LogP contribution in [0.1, 0.15) is 71.7 Å². The fraction of sp³-hybridized carbons (Fsp3) is 0.405. The Morgan fingerprint density at radius 3 is 2.13 bits per heavy atom. The Labute approximate surface area is 300 Å². The summed E-state index contributed by atoms with van der Waals surface area (Å²) in [6.45, 7) is 2.44. The lowest BCUT2D eigenvalue weighted by Gasteiger charge is -2.49. The average molecular weight is 752 g/mol. The molecule has 3 aromatic rings. The lowest BCUT2D eigenvalue weighted by atomic mass is 9.77. The van der Waals surface area contributed by atoms with Crippen molar-refractivity contribution in [1.82, 2.24) is 14.7 Å². The smallest absolute Gasteiger partial charge is 0.417 e. The molecule has 4 atom stereocenters. The van der Waals surface area contributed by atoms with Gasteiger partial charge in [0, 0.05) is 13.6 Å². The van der Waals surface area contributed by atoms with E-state index >= 15 is 0 Å². The second kappa shape index (κ2) is 14.7. The molecule has 0 bridgehead atoms. The molecule has 0 saturated carbocycles. The van der Waals surface area contributed by atoms with E-state index in [0.29, 0.717) is 28.8 Å². The molecule has 2 aliphatic rings. The minimum absolute atomic E-state index is 0.00341. The largest absolute Gasteiger partial charge is 0.468 e. The number of halogens is 7. The number of esters is 1. The Hall–Kier alpha value is -5.15. The number of likely N-dealkylation sites (tertiary alicyclic amines) is 2. The highest BCUT2D eigenvalue weighted by Gasteiger charge is 2.60. The van der Waals surface area contributed by atoms with Gasteiger partial charge in [-0.25, -0.2) is 18.9 Å². The monoisotopic (exact) mass is 751 g/mol. The molecule has 5 rings (SSSR count). The van der Waals surface area contributed by atoms with Gasteiger partial charge < -0.3 is 19.3 Å². The number of carbonyl (C=O) groups is 4. The third kappa shape index (κ3) is 7.95. The van der Waals surface area contributed by atoms with E-state index in [-0.39, 0.29) is 38.5 Å². The number of ether oxygens (including phenoxy) is 2. The van der Waals surface area contributed by atoms with Crippen LogP contribution in [0.2, 0.25) is 0 Å². The van der Waals surface area contributed by atoms with Gasteiger partial charge in [-0.3, -0.25) is 9.59 Å². The molecule has 2 saturated heterocycles. The van der Waals surface area contributed by atoms with Crippen LogP contribution in [0.5, 0.6) is 0 Å². The number of carbonyl (C=O) groups excluding carboxylic acids is 4. The summed E-state index contributed by atoms with van der Waals surface area (Å²) in [6.07, 6.45) is -11.7. The predicted molar refractivity (Wildman–Crippen MR) is 174 cm³/mol. The number of nitrogens with zero attached hydrogens (tertiary/aromatic N) is 3. The molecule has 16 heteroatoms. The van der Waals surface area contributed by atoms with Gasteiger partial charge in [-0.05, 0) is 85.7 Å². The molecular weight excluding hydrogens is 715 g/mol. The van der Waals surface area contributed by atoms with Crippen molar-refractivity contribution in [2.24, 2.45) is 5.92 Å². The van der Waals surface area contributed by atoms with Crippen LogP contribution < -0.4 is 0 Å². The third-order valence-electron chi connectivity index (χ3n) is 10.0. The Kier molecular flexibility index (Phi) is 10.8. The summed E-state index contributed by atoms with van der Waals surface area (Å²) >= 11 is 0. The molecule has 2 heterocycles. The molecule has 4 amide bonds. The van der Waals surface area contributed by atoms with E-state index in [4.69, 9.17) is 9.47 Å². The molecule has 9 nitrogen and oxygen atoms in total. The highest BCUT2D eigenvalue weighted by molar-refractivity contribution is 6.06. The minimum Gasteiger partial charge on any atom is -0.468 e. The van der Waals surface area contributed by atoms with E-state index in [1.165, 1.54) is 31.0 Å². The van der Waals surface area contributed by atoms with Crippen LogP contribution in [0.15, 0.2) is 66.7 Å². The number of urea groups is 1. The maximum Gasteiger partial charge on any atom is 0.417 e. The molecule has 2 aliphatic heterocycles. The first kappa shape index (κ1) is 39.1. The van der Waals surface area contributed by atoms with Crippen LogP contribution in [0.4, 0.5) is 40.3 Å². The van der Waals surface area contributed by atoms with E-state index in [0.717, 1.165) is 23.0 Å². The van der Waals surface area contributed by atoms with Gasteiger partial charge in [0.05, 0.1) is 35.9 Å². The summed E-state index contributed by atoms with van der Waals surface area (Å²) in [5.74, 6) is -3.76. The summed E-state index contributed by atoms with van der Waals surface area (Å²) in [5.41, 5.74) is -3.55. The number of imide groups is 1. The summed E-state index contributed by atoms with van der Waals surface area (Å²) in [6, 6.07) is 10.3. The van der Waals surface area contributed by atoms with Crippen LogP contribution >= 0.6 is 0 Å². The average Bonchev–Trinajstić information content (AvgIpc) is 3.39. The van der Waals surface area contributed by atoms with Crippen LogP contribution in [0.3, 0.4) is 0 Å². The lowest BCUT2D eigenvalue weighted by molar-refractivity contribution is -0.150. The Morgan fingerprint density at radius 2 is 1.57 bits per heavy atom. The van der Waals surface area contributed by atoms with Gasteiger partial charge in [0.1, 0.15) is 18.3 Å². The number of alkyl halides is 6. The molecule has 53 heavy (non-hydrogen) atoms. The number of piperidine rings is 1. The zero-order valence-corrected chi connectivity index (χ0v) is 29.1. The molecule has 0 aromatic heterocycles. The topological polar surface area (TPSA) is 96.5 Å². The van der Waals surface area contributed by atoms with E-state index in [1.807, 2.05) is 0 Å². The summed E-state index contributed by atoms with van der Waals surface area (Å²) < 4.78 is 107. The number of rotatable bonds is 6. The molecule has 0 aliphatic carbocycles. The molecule has 284 valence electrons.